The van der Waals surface area contributed by atoms with Gasteiger partial charge in [-0.1, -0.05) is 12.1 Å². The number of cyclic esters (lactones) is 2. The van der Waals surface area contributed by atoms with E-state index >= 15 is 0 Å². The number of ether oxygens (including phenoxy) is 3. The van der Waals surface area contributed by atoms with Gasteiger partial charge >= 0.3 is 23.9 Å². The minimum absolute atomic E-state index is 0.0516. The van der Waals surface area contributed by atoms with E-state index in [1.165, 1.54) is 12.1 Å². The highest BCUT2D eigenvalue weighted by molar-refractivity contribution is 6.17. The molecule has 2 aromatic rings. The largest absolute Gasteiger partial charge is 0.459 e. The molecule has 0 N–H and O–H groups in total. The molecular formula is C19H14O7. The van der Waals surface area contributed by atoms with Gasteiger partial charge < -0.3 is 14.2 Å². The summed E-state index contributed by atoms with van der Waals surface area (Å²) >= 11 is 0. The van der Waals surface area contributed by atoms with Gasteiger partial charge in [-0.15, -0.1) is 0 Å². The van der Waals surface area contributed by atoms with Gasteiger partial charge in [-0.3, -0.25) is 0 Å². The molecule has 0 unspecified atom stereocenters. The average Bonchev–Trinajstić information content (AvgIpc) is 2.90. The van der Waals surface area contributed by atoms with Crippen LogP contribution >= 0.6 is 0 Å². The van der Waals surface area contributed by atoms with E-state index in [-0.39, 0.29) is 29.9 Å². The third kappa shape index (κ3) is 3.46. The maximum atomic E-state index is 12.1. The molecule has 0 fully saturated rings. The summed E-state index contributed by atoms with van der Waals surface area (Å²) < 4.78 is 14.4. The molecule has 0 bridgehead atoms. The lowest BCUT2D eigenvalue weighted by molar-refractivity contribution is -0.138. The van der Waals surface area contributed by atoms with Crippen molar-refractivity contribution < 1.29 is 33.4 Å². The minimum Gasteiger partial charge on any atom is -0.459 e. The molecule has 132 valence electrons. The smallest absolute Gasteiger partial charge is 0.346 e. The van der Waals surface area contributed by atoms with Crippen molar-refractivity contribution in [2.24, 2.45) is 0 Å². The molecule has 0 atom stereocenters. The predicted molar refractivity (Wildman–Crippen MR) is 89.7 cm³/mol. The van der Waals surface area contributed by atoms with Crippen LogP contribution in [0.2, 0.25) is 0 Å². The van der Waals surface area contributed by atoms with Crippen molar-refractivity contribution in [1.29, 1.82) is 0 Å². The summed E-state index contributed by atoms with van der Waals surface area (Å²) in [5, 5.41) is 1.29. The molecule has 0 amide bonds. The predicted octanol–water partition coefficient (Wildman–Crippen LogP) is 2.43. The summed E-state index contributed by atoms with van der Waals surface area (Å²) in [6.45, 7) is 1.56. The van der Waals surface area contributed by atoms with Crippen LogP contribution < -0.4 is 0 Å². The van der Waals surface area contributed by atoms with E-state index in [2.05, 4.69) is 4.74 Å². The van der Waals surface area contributed by atoms with Crippen molar-refractivity contribution in [3.05, 3.63) is 59.2 Å². The summed E-state index contributed by atoms with van der Waals surface area (Å²) in [5.74, 6) is -2.48. The molecule has 0 radical (unpaired) electrons. The Kier molecular flexibility index (Phi) is 4.79. The van der Waals surface area contributed by atoms with Crippen molar-refractivity contribution in [3.63, 3.8) is 0 Å². The number of carbonyl (C=O) groups excluding carboxylic acids is 4. The molecule has 7 nitrogen and oxygen atoms in total. The molecule has 1 aliphatic heterocycles. The first-order chi connectivity index (χ1) is 12.5. The van der Waals surface area contributed by atoms with E-state index in [0.29, 0.717) is 10.8 Å². The van der Waals surface area contributed by atoms with Crippen LogP contribution in [0.25, 0.3) is 10.8 Å². The molecule has 0 spiro atoms. The maximum absolute atomic E-state index is 12.1. The van der Waals surface area contributed by atoms with Crippen molar-refractivity contribution in [3.8, 4) is 0 Å². The lowest BCUT2D eigenvalue weighted by Gasteiger charge is -2.07. The SMILES string of the molecule is CC=CC(=O)OCCOC(=O)c1ccc2cc3c(cc2c1)C(=O)OC3=O. The number of rotatable bonds is 5. The monoisotopic (exact) mass is 354 g/mol. The molecule has 7 heteroatoms. The molecule has 0 aliphatic carbocycles. The highest BCUT2D eigenvalue weighted by Gasteiger charge is 2.30. The van der Waals surface area contributed by atoms with Gasteiger partial charge in [0, 0.05) is 6.08 Å². The molecule has 1 aliphatic rings. The van der Waals surface area contributed by atoms with Crippen molar-refractivity contribution in [1.82, 2.24) is 0 Å². The van der Waals surface area contributed by atoms with Crippen LogP contribution in [0.4, 0.5) is 0 Å². The summed E-state index contributed by atoms with van der Waals surface area (Å²) in [7, 11) is 0. The zero-order chi connectivity index (χ0) is 18.7. The molecule has 0 saturated heterocycles. The summed E-state index contributed by atoms with van der Waals surface area (Å²) in [4.78, 5) is 46.4. The van der Waals surface area contributed by atoms with Crippen LogP contribution in [0, 0.1) is 0 Å². The lowest BCUT2D eigenvalue weighted by atomic mass is 10.0. The van der Waals surface area contributed by atoms with E-state index in [4.69, 9.17) is 9.47 Å². The Morgan fingerprint density at radius 3 is 2.31 bits per heavy atom. The fourth-order valence-corrected chi connectivity index (χ4v) is 2.50. The third-order valence-corrected chi connectivity index (χ3v) is 3.70. The second-order valence-electron chi connectivity index (χ2n) is 5.44. The first-order valence-electron chi connectivity index (χ1n) is 7.80. The van der Waals surface area contributed by atoms with Gasteiger partial charge in [0.25, 0.3) is 0 Å². The highest BCUT2D eigenvalue weighted by atomic mass is 16.6. The number of esters is 4. The topological polar surface area (TPSA) is 96.0 Å². The van der Waals surface area contributed by atoms with Crippen LogP contribution in [0.15, 0.2) is 42.5 Å². The van der Waals surface area contributed by atoms with Gasteiger partial charge in [0.1, 0.15) is 13.2 Å². The molecule has 0 aromatic heterocycles. The van der Waals surface area contributed by atoms with Gasteiger partial charge in [-0.25, -0.2) is 19.2 Å². The third-order valence-electron chi connectivity index (χ3n) is 3.70. The van der Waals surface area contributed by atoms with E-state index in [1.807, 2.05) is 0 Å². The maximum Gasteiger partial charge on any atom is 0.346 e. The number of allylic oxidation sites excluding steroid dienone is 1. The number of hydrogen-bond donors (Lipinski definition) is 0. The van der Waals surface area contributed by atoms with Gasteiger partial charge in [-0.2, -0.15) is 0 Å². The normalized spacial score (nSPS) is 13.0. The van der Waals surface area contributed by atoms with Crippen LogP contribution in [-0.4, -0.2) is 37.1 Å². The molecule has 2 aromatic carbocycles. The van der Waals surface area contributed by atoms with Crippen LogP contribution in [0.3, 0.4) is 0 Å². The number of hydrogen-bond acceptors (Lipinski definition) is 7. The van der Waals surface area contributed by atoms with Crippen LogP contribution in [0.1, 0.15) is 38.0 Å². The van der Waals surface area contributed by atoms with E-state index in [1.54, 1.807) is 37.3 Å². The zero-order valence-corrected chi connectivity index (χ0v) is 13.8. The van der Waals surface area contributed by atoms with Crippen molar-refractivity contribution >= 4 is 34.6 Å². The van der Waals surface area contributed by atoms with Gasteiger partial charge in [0.2, 0.25) is 0 Å². The Labute approximate surface area is 148 Å². The van der Waals surface area contributed by atoms with Gasteiger partial charge in [-0.05, 0) is 42.0 Å². The Morgan fingerprint density at radius 1 is 0.962 bits per heavy atom. The Balaban J connectivity index is 1.71. The first kappa shape index (κ1) is 17.3. The number of fused-ring (bicyclic) bond motifs is 2. The summed E-state index contributed by atoms with van der Waals surface area (Å²) in [5.41, 5.74) is 0.652. The summed E-state index contributed by atoms with van der Waals surface area (Å²) in [6, 6.07) is 7.81. The molecule has 26 heavy (non-hydrogen) atoms. The van der Waals surface area contributed by atoms with E-state index < -0.39 is 23.9 Å². The van der Waals surface area contributed by atoms with Gasteiger partial charge in [0.15, 0.2) is 0 Å². The van der Waals surface area contributed by atoms with Crippen molar-refractivity contribution in [2.45, 2.75) is 6.92 Å². The Bertz CT molecular complexity index is 956. The fraction of sp³-hybridized carbons (Fsp3) is 0.158. The zero-order valence-electron chi connectivity index (χ0n) is 13.8. The molecule has 3 rings (SSSR count). The highest BCUT2D eigenvalue weighted by Crippen LogP contribution is 2.27. The second kappa shape index (κ2) is 7.18. The van der Waals surface area contributed by atoms with E-state index in [0.717, 1.165) is 0 Å². The van der Waals surface area contributed by atoms with E-state index in [9.17, 15) is 19.2 Å². The Hall–Kier alpha value is -3.48. The standard InChI is InChI=1S/C19H14O7/c1-2-3-16(20)24-6-7-25-17(21)12-5-4-11-9-14-15(10-13(11)8-12)19(23)26-18(14)22/h2-5,8-10H,6-7H2,1H3. The number of carbonyl (C=O) groups is 4. The Morgan fingerprint density at radius 2 is 1.62 bits per heavy atom. The quantitative estimate of drug-likeness (QED) is 0.267. The van der Waals surface area contributed by atoms with Crippen LogP contribution in [0.5, 0.6) is 0 Å². The first-order valence-corrected chi connectivity index (χ1v) is 7.80. The summed E-state index contributed by atoms with van der Waals surface area (Å²) in [6.07, 6.45) is 2.81. The average molecular weight is 354 g/mol. The second-order valence-corrected chi connectivity index (χ2v) is 5.44. The van der Waals surface area contributed by atoms with Gasteiger partial charge in [0.05, 0.1) is 16.7 Å². The molecular weight excluding hydrogens is 340 g/mol. The molecule has 0 saturated carbocycles. The molecule has 1 heterocycles. The fourth-order valence-electron chi connectivity index (χ4n) is 2.50. The minimum atomic E-state index is -0.706. The lowest BCUT2D eigenvalue weighted by Crippen LogP contribution is -2.13. The van der Waals surface area contributed by atoms with Crippen LogP contribution in [-0.2, 0) is 19.0 Å². The van der Waals surface area contributed by atoms with Crippen molar-refractivity contribution in [2.75, 3.05) is 13.2 Å². The number of benzene rings is 2.